The van der Waals surface area contributed by atoms with Crippen LogP contribution in [0.1, 0.15) is 42.7 Å². The van der Waals surface area contributed by atoms with Crippen molar-refractivity contribution in [3.05, 3.63) is 76.6 Å². The highest BCUT2D eigenvalue weighted by molar-refractivity contribution is 5.99. The number of rotatable bonds is 5. The van der Waals surface area contributed by atoms with Gasteiger partial charge in [0.1, 0.15) is 11.2 Å². The van der Waals surface area contributed by atoms with Gasteiger partial charge in [0.15, 0.2) is 0 Å². The maximum atomic E-state index is 13.6. The molecular weight excluding hydrogens is 414 g/mol. The molecule has 1 atom stereocenters. The third-order valence-electron chi connectivity index (χ3n) is 6.78. The van der Waals surface area contributed by atoms with E-state index in [1.807, 2.05) is 41.7 Å². The Morgan fingerprint density at radius 2 is 2.03 bits per heavy atom. The Hall–Kier alpha value is -3.45. The second-order valence-corrected chi connectivity index (χ2v) is 9.06. The van der Waals surface area contributed by atoms with Crippen molar-refractivity contribution in [2.45, 2.75) is 45.7 Å². The summed E-state index contributed by atoms with van der Waals surface area (Å²) in [5, 5.41) is 4.12. The molecule has 1 aliphatic heterocycles. The van der Waals surface area contributed by atoms with Crippen molar-refractivity contribution in [1.29, 1.82) is 0 Å². The van der Waals surface area contributed by atoms with Gasteiger partial charge in [0.05, 0.1) is 17.4 Å². The number of aromatic nitrogens is 3. The first-order valence-electron chi connectivity index (χ1n) is 11.6. The van der Waals surface area contributed by atoms with Crippen LogP contribution in [-0.2, 0) is 0 Å². The van der Waals surface area contributed by atoms with Crippen LogP contribution in [0, 0.1) is 6.92 Å². The fourth-order valence-electron chi connectivity index (χ4n) is 5.17. The topological polar surface area (TPSA) is 71.6 Å². The van der Waals surface area contributed by atoms with Crippen molar-refractivity contribution in [2.24, 2.45) is 0 Å². The van der Waals surface area contributed by atoms with Crippen LogP contribution < -0.4 is 10.9 Å². The van der Waals surface area contributed by atoms with E-state index in [4.69, 9.17) is 0 Å². The molecule has 3 aromatic heterocycles. The SMILES string of the molecule is Cc1c2ccccc2n2c(C(=O)NCC3CCCN3C(C)C)cn(-c3cccnc3)c(=O)c12. The van der Waals surface area contributed by atoms with Gasteiger partial charge in [-0.25, -0.2) is 0 Å². The summed E-state index contributed by atoms with van der Waals surface area (Å²) < 4.78 is 3.34. The van der Waals surface area contributed by atoms with Crippen LogP contribution >= 0.6 is 0 Å². The number of nitrogens with one attached hydrogen (secondary N) is 1. The van der Waals surface area contributed by atoms with Gasteiger partial charge in [-0.05, 0) is 63.9 Å². The molecule has 0 aliphatic carbocycles. The number of likely N-dealkylation sites (tertiary alicyclic amines) is 1. The van der Waals surface area contributed by atoms with Gasteiger partial charge >= 0.3 is 0 Å². The molecule has 1 fully saturated rings. The first-order valence-corrected chi connectivity index (χ1v) is 11.6. The van der Waals surface area contributed by atoms with E-state index >= 15 is 0 Å². The maximum Gasteiger partial charge on any atom is 0.279 e. The lowest BCUT2D eigenvalue weighted by molar-refractivity contribution is 0.0928. The van der Waals surface area contributed by atoms with Gasteiger partial charge in [-0.2, -0.15) is 0 Å². The summed E-state index contributed by atoms with van der Waals surface area (Å²) in [6.07, 6.45) is 7.17. The predicted molar refractivity (Wildman–Crippen MR) is 130 cm³/mol. The molecule has 5 rings (SSSR count). The molecule has 7 heteroatoms. The molecule has 170 valence electrons. The summed E-state index contributed by atoms with van der Waals surface area (Å²) in [7, 11) is 0. The van der Waals surface area contributed by atoms with E-state index in [9.17, 15) is 9.59 Å². The number of aryl methyl sites for hydroxylation is 1. The molecule has 1 saturated heterocycles. The van der Waals surface area contributed by atoms with Gasteiger partial charge < -0.3 is 5.32 Å². The van der Waals surface area contributed by atoms with E-state index < -0.39 is 0 Å². The molecule has 1 aromatic carbocycles. The largest absolute Gasteiger partial charge is 0.349 e. The van der Waals surface area contributed by atoms with Gasteiger partial charge in [0, 0.05) is 36.4 Å². The first kappa shape index (κ1) is 21.4. The maximum absolute atomic E-state index is 13.6. The van der Waals surface area contributed by atoms with Crippen molar-refractivity contribution in [3.63, 3.8) is 0 Å². The molecule has 1 aliphatic rings. The summed E-state index contributed by atoms with van der Waals surface area (Å²) >= 11 is 0. The van der Waals surface area contributed by atoms with E-state index in [2.05, 4.69) is 29.0 Å². The van der Waals surface area contributed by atoms with Gasteiger partial charge in [-0.15, -0.1) is 0 Å². The van der Waals surface area contributed by atoms with E-state index in [0.717, 1.165) is 35.9 Å². The zero-order valence-corrected chi connectivity index (χ0v) is 19.3. The summed E-state index contributed by atoms with van der Waals surface area (Å²) in [4.78, 5) is 33.7. The van der Waals surface area contributed by atoms with Crippen LogP contribution in [0.3, 0.4) is 0 Å². The standard InChI is InChI=1S/C26H29N5O2/c1-17(2)29-13-7-9-20(29)15-28-25(32)23-16-30(19-8-6-12-27-14-19)26(33)24-18(3)21-10-4-5-11-22(21)31(23)24/h4-6,8,10-12,14,16-17,20H,7,9,13,15H2,1-3H3,(H,28,32). The minimum absolute atomic E-state index is 0.171. The monoisotopic (exact) mass is 443 g/mol. The predicted octanol–water partition coefficient (Wildman–Crippen LogP) is 3.55. The highest BCUT2D eigenvalue weighted by atomic mass is 16.2. The van der Waals surface area contributed by atoms with E-state index in [1.54, 1.807) is 24.7 Å². The first-order chi connectivity index (χ1) is 16.0. The third-order valence-corrected chi connectivity index (χ3v) is 6.78. The fraction of sp³-hybridized carbons (Fsp3) is 0.346. The molecule has 7 nitrogen and oxygen atoms in total. The number of fused-ring (bicyclic) bond motifs is 3. The Kier molecular flexibility index (Phi) is 5.50. The quantitative estimate of drug-likeness (QED) is 0.512. The molecule has 0 spiro atoms. The Bertz CT molecular complexity index is 1390. The van der Waals surface area contributed by atoms with Crippen molar-refractivity contribution in [2.75, 3.05) is 13.1 Å². The van der Waals surface area contributed by atoms with Crippen LogP contribution in [0.15, 0.2) is 59.8 Å². The number of benzene rings is 1. The number of para-hydroxylation sites is 1. The lowest BCUT2D eigenvalue weighted by Crippen LogP contribution is -2.43. The number of hydrogen-bond donors (Lipinski definition) is 1. The Balaban J connectivity index is 1.64. The summed E-state index contributed by atoms with van der Waals surface area (Å²) in [5.41, 5.74) is 3.13. The molecule has 0 saturated carbocycles. The van der Waals surface area contributed by atoms with Crippen molar-refractivity contribution in [1.82, 2.24) is 24.2 Å². The molecular formula is C26H29N5O2. The smallest absolute Gasteiger partial charge is 0.279 e. The van der Waals surface area contributed by atoms with Crippen LogP contribution in [0.5, 0.6) is 0 Å². The minimum atomic E-state index is -0.186. The van der Waals surface area contributed by atoms with Gasteiger partial charge in [0.2, 0.25) is 0 Å². The second kappa shape index (κ2) is 8.48. The van der Waals surface area contributed by atoms with Gasteiger partial charge in [-0.3, -0.25) is 28.4 Å². The van der Waals surface area contributed by atoms with Crippen LogP contribution in [-0.4, -0.2) is 49.9 Å². The van der Waals surface area contributed by atoms with Gasteiger partial charge in [0.25, 0.3) is 11.5 Å². The van der Waals surface area contributed by atoms with E-state index in [1.165, 1.54) is 4.57 Å². The lowest BCUT2D eigenvalue weighted by atomic mass is 10.2. The Labute approximate surface area is 192 Å². The number of amides is 1. The number of hydrogen-bond acceptors (Lipinski definition) is 4. The molecule has 4 heterocycles. The zero-order valence-electron chi connectivity index (χ0n) is 19.3. The third kappa shape index (κ3) is 3.62. The van der Waals surface area contributed by atoms with E-state index in [-0.39, 0.29) is 11.5 Å². The highest BCUT2D eigenvalue weighted by Crippen LogP contribution is 2.26. The van der Waals surface area contributed by atoms with Crippen molar-refractivity contribution in [3.8, 4) is 5.69 Å². The second-order valence-electron chi connectivity index (χ2n) is 9.06. The molecule has 1 N–H and O–H groups in total. The number of carbonyl (C=O) groups excluding carboxylic acids is 1. The molecule has 4 aromatic rings. The fourth-order valence-corrected chi connectivity index (χ4v) is 5.17. The molecule has 1 unspecified atom stereocenters. The number of pyridine rings is 1. The Morgan fingerprint density at radius 3 is 2.79 bits per heavy atom. The molecule has 0 bridgehead atoms. The molecule has 33 heavy (non-hydrogen) atoms. The summed E-state index contributed by atoms with van der Waals surface area (Å²) in [5.74, 6) is -0.186. The van der Waals surface area contributed by atoms with E-state index in [0.29, 0.717) is 35.5 Å². The van der Waals surface area contributed by atoms with Crippen LogP contribution in [0.2, 0.25) is 0 Å². The normalized spacial score (nSPS) is 16.8. The van der Waals surface area contributed by atoms with Crippen LogP contribution in [0.25, 0.3) is 22.1 Å². The van der Waals surface area contributed by atoms with Crippen LogP contribution in [0.4, 0.5) is 0 Å². The van der Waals surface area contributed by atoms with Crippen molar-refractivity contribution < 1.29 is 4.79 Å². The number of nitrogens with zero attached hydrogens (tertiary/aromatic N) is 4. The zero-order chi connectivity index (χ0) is 23.1. The molecule has 1 amide bonds. The average molecular weight is 444 g/mol. The average Bonchev–Trinajstić information content (AvgIpc) is 3.42. The van der Waals surface area contributed by atoms with Gasteiger partial charge in [-0.1, -0.05) is 18.2 Å². The molecule has 0 radical (unpaired) electrons. The number of carbonyl (C=O) groups is 1. The highest BCUT2D eigenvalue weighted by Gasteiger charge is 2.27. The minimum Gasteiger partial charge on any atom is -0.349 e. The van der Waals surface area contributed by atoms with Crippen molar-refractivity contribution >= 4 is 22.3 Å². The summed E-state index contributed by atoms with van der Waals surface area (Å²) in [6.45, 7) is 7.98. The lowest BCUT2D eigenvalue weighted by Gasteiger charge is -2.28. The Morgan fingerprint density at radius 1 is 1.21 bits per heavy atom. The summed E-state index contributed by atoms with van der Waals surface area (Å²) in [6, 6.07) is 12.2.